The molecule has 2 aromatic heterocycles. The molecular weight excluding hydrogens is 393 g/mol. The molecule has 0 radical (unpaired) electrons. The average molecular weight is 409 g/mol. The minimum Gasteiger partial charge on any atom is -0.494 e. The number of nitrogens with zero attached hydrogens (tertiary/aromatic N) is 2. The average Bonchev–Trinajstić information content (AvgIpc) is 3.39. The van der Waals surface area contributed by atoms with E-state index >= 15 is 0 Å². The summed E-state index contributed by atoms with van der Waals surface area (Å²) in [6, 6.07) is 12.8. The third-order valence-corrected chi connectivity index (χ3v) is 5.82. The molecule has 1 aliphatic rings. The number of hydrogen-bond acceptors (Lipinski definition) is 7. The summed E-state index contributed by atoms with van der Waals surface area (Å²) >= 11 is 1.44. The number of ether oxygens (including phenoxy) is 3. The lowest BCUT2D eigenvalue weighted by Gasteiger charge is -2.07. The van der Waals surface area contributed by atoms with Crippen molar-refractivity contribution in [2.45, 2.75) is 6.54 Å². The fraction of sp³-hybridized carbons (Fsp3) is 0.143. The Bertz CT molecular complexity index is 1210. The standard InChI is InChI=1S/C21H16FN3O3S/c1-26-16-4-2-3-13(19(16)22)18-8-14-20(29-18)21(25-10-24-14)23-9-12-5-6-15-17(7-12)28-11-27-15/h2-8,10H,9,11H2,1H3,(H,23,24,25). The van der Waals surface area contributed by atoms with Gasteiger partial charge >= 0.3 is 0 Å². The van der Waals surface area contributed by atoms with E-state index in [-0.39, 0.29) is 18.4 Å². The number of thiophene rings is 1. The molecule has 29 heavy (non-hydrogen) atoms. The molecule has 1 aliphatic heterocycles. The second kappa shape index (κ2) is 7.21. The van der Waals surface area contributed by atoms with Crippen LogP contribution in [0.25, 0.3) is 20.7 Å². The second-order valence-electron chi connectivity index (χ2n) is 6.41. The van der Waals surface area contributed by atoms with Gasteiger partial charge in [0.2, 0.25) is 6.79 Å². The minimum atomic E-state index is -0.385. The zero-order valence-corrected chi connectivity index (χ0v) is 16.3. The first-order valence-corrected chi connectivity index (χ1v) is 9.74. The van der Waals surface area contributed by atoms with Crippen LogP contribution in [0, 0.1) is 5.82 Å². The molecule has 2 aromatic carbocycles. The number of benzene rings is 2. The molecule has 1 N–H and O–H groups in total. The third kappa shape index (κ3) is 3.21. The first kappa shape index (κ1) is 17.7. The monoisotopic (exact) mass is 409 g/mol. The van der Waals surface area contributed by atoms with Crippen LogP contribution in [0.3, 0.4) is 0 Å². The smallest absolute Gasteiger partial charge is 0.231 e. The van der Waals surface area contributed by atoms with Crippen LogP contribution >= 0.6 is 11.3 Å². The van der Waals surface area contributed by atoms with Gasteiger partial charge in [0, 0.05) is 17.0 Å². The van der Waals surface area contributed by atoms with Gasteiger partial charge in [-0.15, -0.1) is 11.3 Å². The molecule has 5 rings (SSSR count). The Labute approximate surface area is 169 Å². The van der Waals surface area contributed by atoms with E-state index in [9.17, 15) is 4.39 Å². The topological polar surface area (TPSA) is 65.5 Å². The Morgan fingerprint density at radius 3 is 2.93 bits per heavy atom. The number of halogens is 1. The minimum absolute atomic E-state index is 0.215. The molecule has 146 valence electrons. The van der Waals surface area contributed by atoms with Gasteiger partial charge < -0.3 is 19.5 Å². The van der Waals surface area contributed by atoms with Crippen LogP contribution in [0.1, 0.15) is 5.56 Å². The van der Waals surface area contributed by atoms with Crippen molar-refractivity contribution in [3.05, 3.63) is 60.2 Å². The lowest BCUT2D eigenvalue weighted by molar-refractivity contribution is 0.174. The van der Waals surface area contributed by atoms with E-state index in [1.54, 1.807) is 18.2 Å². The van der Waals surface area contributed by atoms with Gasteiger partial charge in [-0.2, -0.15) is 0 Å². The van der Waals surface area contributed by atoms with Gasteiger partial charge in [-0.3, -0.25) is 0 Å². The van der Waals surface area contributed by atoms with Gasteiger partial charge in [0.15, 0.2) is 23.1 Å². The molecule has 0 aliphatic carbocycles. The van der Waals surface area contributed by atoms with Crippen molar-refractivity contribution in [3.63, 3.8) is 0 Å². The molecule has 0 atom stereocenters. The molecule has 0 fully saturated rings. The van der Waals surface area contributed by atoms with Gasteiger partial charge in [-0.05, 0) is 29.8 Å². The van der Waals surface area contributed by atoms with E-state index in [0.717, 1.165) is 32.2 Å². The lowest BCUT2D eigenvalue weighted by Crippen LogP contribution is -2.01. The predicted molar refractivity (Wildman–Crippen MR) is 109 cm³/mol. The first-order chi connectivity index (χ1) is 14.2. The molecular formula is C21H16FN3O3S. The summed E-state index contributed by atoms with van der Waals surface area (Å²) in [6.45, 7) is 0.807. The number of methoxy groups -OCH3 is 1. The maximum atomic E-state index is 14.7. The van der Waals surface area contributed by atoms with E-state index in [1.807, 2.05) is 24.3 Å². The van der Waals surface area contributed by atoms with Crippen molar-refractivity contribution in [2.75, 3.05) is 19.2 Å². The van der Waals surface area contributed by atoms with Crippen molar-refractivity contribution in [3.8, 4) is 27.7 Å². The highest BCUT2D eigenvalue weighted by molar-refractivity contribution is 7.22. The molecule has 3 heterocycles. The molecule has 8 heteroatoms. The van der Waals surface area contributed by atoms with Crippen LogP contribution in [-0.2, 0) is 6.54 Å². The normalized spacial score (nSPS) is 12.3. The Hall–Kier alpha value is -3.39. The highest BCUT2D eigenvalue weighted by Gasteiger charge is 2.16. The summed E-state index contributed by atoms with van der Waals surface area (Å²) < 4.78 is 31.4. The van der Waals surface area contributed by atoms with E-state index in [0.29, 0.717) is 17.9 Å². The molecule has 0 saturated carbocycles. The maximum Gasteiger partial charge on any atom is 0.231 e. The van der Waals surface area contributed by atoms with Crippen molar-refractivity contribution in [2.24, 2.45) is 0 Å². The van der Waals surface area contributed by atoms with Gasteiger partial charge in [-0.25, -0.2) is 14.4 Å². The first-order valence-electron chi connectivity index (χ1n) is 8.93. The summed E-state index contributed by atoms with van der Waals surface area (Å²) in [7, 11) is 1.46. The molecule has 6 nitrogen and oxygen atoms in total. The molecule has 0 spiro atoms. The van der Waals surface area contributed by atoms with Crippen LogP contribution in [-0.4, -0.2) is 23.9 Å². The van der Waals surface area contributed by atoms with Crippen LogP contribution < -0.4 is 19.5 Å². The number of aromatic nitrogens is 2. The van der Waals surface area contributed by atoms with Gasteiger partial charge in [0.05, 0.1) is 17.3 Å². The van der Waals surface area contributed by atoms with Crippen molar-refractivity contribution in [1.29, 1.82) is 0 Å². The Balaban J connectivity index is 1.45. The van der Waals surface area contributed by atoms with E-state index in [2.05, 4.69) is 15.3 Å². The fourth-order valence-corrected chi connectivity index (χ4v) is 4.30. The van der Waals surface area contributed by atoms with Gasteiger partial charge in [-0.1, -0.05) is 18.2 Å². The van der Waals surface area contributed by atoms with Crippen LogP contribution in [0.4, 0.5) is 10.2 Å². The summed E-state index contributed by atoms with van der Waals surface area (Å²) in [5.41, 5.74) is 2.28. The van der Waals surface area contributed by atoms with Crippen LogP contribution in [0.5, 0.6) is 17.2 Å². The summed E-state index contributed by atoms with van der Waals surface area (Å²) in [4.78, 5) is 9.47. The molecule has 0 bridgehead atoms. The fourth-order valence-electron chi connectivity index (χ4n) is 3.21. The Morgan fingerprint density at radius 1 is 1.14 bits per heavy atom. The summed E-state index contributed by atoms with van der Waals surface area (Å²) in [5, 5.41) is 3.34. The largest absolute Gasteiger partial charge is 0.494 e. The van der Waals surface area contributed by atoms with E-state index < -0.39 is 0 Å². The van der Waals surface area contributed by atoms with Crippen molar-refractivity contribution >= 4 is 27.4 Å². The number of anilines is 1. The summed E-state index contributed by atoms with van der Waals surface area (Å²) in [5.74, 6) is 2.02. The van der Waals surface area contributed by atoms with Crippen molar-refractivity contribution in [1.82, 2.24) is 9.97 Å². The Kier molecular flexibility index (Phi) is 4.40. The highest BCUT2D eigenvalue weighted by Crippen LogP contribution is 2.39. The molecule has 0 saturated heterocycles. The van der Waals surface area contributed by atoms with Gasteiger partial charge in [0.25, 0.3) is 0 Å². The zero-order valence-electron chi connectivity index (χ0n) is 15.4. The van der Waals surface area contributed by atoms with E-state index in [1.165, 1.54) is 24.8 Å². The van der Waals surface area contributed by atoms with Gasteiger partial charge in [0.1, 0.15) is 12.1 Å². The number of nitrogens with one attached hydrogen (secondary N) is 1. The maximum absolute atomic E-state index is 14.7. The SMILES string of the molecule is COc1cccc(-c2cc3ncnc(NCc4ccc5c(c4)OCO5)c3s2)c1F. The Morgan fingerprint density at radius 2 is 2.03 bits per heavy atom. The zero-order chi connectivity index (χ0) is 19.8. The quantitative estimate of drug-likeness (QED) is 0.509. The van der Waals surface area contributed by atoms with Crippen LogP contribution in [0.15, 0.2) is 48.8 Å². The lowest BCUT2D eigenvalue weighted by atomic mass is 10.1. The van der Waals surface area contributed by atoms with Crippen LogP contribution in [0.2, 0.25) is 0 Å². The highest BCUT2D eigenvalue weighted by atomic mass is 32.1. The number of fused-ring (bicyclic) bond motifs is 2. The predicted octanol–water partition coefficient (Wildman–Crippen LogP) is 4.85. The number of hydrogen-bond donors (Lipinski definition) is 1. The van der Waals surface area contributed by atoms with E-state index in [4.69, 9.17) is 14.2 Å². The molecule has 0 amide bonds. The summed E-state index contributed by atoms with van der Waals surface area (Å²) in [6.07, 6.45) is 1.50. The number of rotatable bonds is 5. The molecule has 4 aromatic rings. The molecule has 0 unspecified atom stereocenters. The second-order valence-corrected chi connectivity index (χ2v) is 7.46. The third-order valence-electron chi connectivity index (χ3n) is 4.66. The van der Waals surface area contributed by atoms with Crippen molar-refractivity contribution < 1.29 is 18.6 Å².